The predicted molar refractivity (Wildman–Crippen MR) is 72.0 cm³/mol. The van der Waals surface area contributed by atoms with Crippen LogP contribution in [0.3, 0.4) is 0 Å². The molecule has 0 aliphatic carbocycles. The van der Waals surface area contributed by atoms with Gasteiger partial charge in [0, 0.05) is 19.8 Å². The molecule has 0 saturated carbocycles. The topological polar surface area (TPSA) is 41.9 Å². The Bertz CT molecular complexity index is 249. The Kier molecular flexibility index (Phi) is 7.79. The zero-order chi connectivity index (χ0) is 11.9. The van der Waals surface area contributed by atoms with Crippen molar-refractivity contribution in [3.63, 3.8) is 0 Å². The molecule has 0 aromatic heterocycles. The third-order valence-electron chi connectivity index (χ3n) is 1.36. The van der Waals surface area contributed by atoms with Crippen LogP contribution in [0.15, 0.2) is 4.76 Å². The SMILES string of the molecule is CCOP(=O)(/N=C(\SC)N(C)C)SCC. The zero-order valence-corrected chi connectivity index (χ0v) is 12.4. The molecular formula is C8H19N2O2PS2. The van der Waals surface area contributed by atoms with E-state index < -0.39 is 6.72 Å². The van der Waals surface area contributed by atoms with E-state index >= 15 is 0 Å². The van der Waals surface area contributed by atoms with Crippen LogP contribution >= 0.6 is 29.9 Å². The van der Waals surface area contributed by atoms with Crippen LogP contribution in [0.2, 0.25) is 0 Å². The van der Waals surface area contributed by atoms with E-state index in [0.29, 0.717) is 6.61 Å². The summed E-state index contributed by atoms with van der Waals surface area (Å²) in [4.78, 5) is 1.84. The van der Waals surface area contributed by atoms with Crippen molar-refractivity contribution < 1.29 is 9.09 Å². The lowest BCUT2D eigenvalue weighted by Crippen LogP contribution is -2.18. The van der Waals surface area contributed by atoms with E-state index in [-0.39, 0.29) is 0 Å². The Labute approximate surface area is 100 Å². The highest BCUT2D eigenvalue weighted by Crippen LogP contribution is 2.61. The van der Waals surface area contributed by atoms with Crippen LogP contribution in [-0.4, -0.2) is 42.8 Å². The fraction of sp³-hybridized carbons (Fsp3) is 0.875. The van der Waals surface area contributed by atoms with E-state index in [1.54, 1.807) is 0 Å². The molecule has 0 aliphatic rings. The van der Waals surface area contributed by atoms with Crippen molar-refractivity contribution in [3.8, 4) is 0 Å². The van der Waals surface area contributed by atoms with Gasteiger partial charge < -0.3 is 9.42 Å². The van der Waals surface area contributed by atoms with Crippen molar-refractivity contribution in [3.05, 3.63) is 0 Å². The first-order valence-corrected chi connectivity index (χ1v) is 9.09. The summed E-state index contributed by atoms with van der Waals surface area (Å²) in [7, 11) is 3.75. The molecular weight excluding hydrogens is 251 g/mol. The summed E-state index contributed by atoms with van der Waals surface area (Å²) in [6, 6.07) is 0. The fourth-order valence-corrected chi connectivity index (χ4v) is 5.16. The molecule has 0 N–H and O–H groups in total. The van der Waals surface area contributed by atoms with Crippen molar-refractivity contribution in [2.75, 3.05) is 32.7 Å². The van der Waals surface area contributed by atoms with Crippen LogP contribution in [0.1, 0.15) is 13.8 Å². The predicted octanol–water partition coefficient (Wildman–Crippen LogP) is 3.16. The summed E-state index contributed by atoms with van der Waals surface area (Å²) < 4.78 is 21.7. The van der Waals surface area contributed by atoms with Gasteiger partial charge in [-0.1, -0.05) is 18.7 Å². The first-order valence-electron chi connectivity index (χ1n) is 4.69. The van der Waals surface area contributed by atoms with Gasteiger partial charge in [0.15, 0.2) is 5.17 Å². The Morgan fingerprint density at radius 2 is 2.07 bits per heavy atom. The molecule has 0 radical (unpaired) electrons. The minimum absolute atomic E-state index is 0.420. The Hall–Kier alpha value is 0.360. The molecule has 0 aromatic carbocycles. The van der Waals surface area contributed by atoms with E-state index in [9.17, 15) is 4.57 Å². The van der Waals surface area contributed by atoms with Crippen LogP contribution in [0.5, 0.6) is 0 Å². The average molecular weight is 270 g/mol. The molecule has 4 nitrogen and oxygen atoms in total. The standard InChI is InChI=1S/C8H19N2O2PS2/c1-6-12-13(11,15-7-2)9-8(14-5)10(3)4/h6-7H2,1-5H3/b9-8-. The van der Waals surface area contributed by atoms with Crippen molar-refractivity contribution >= 4 is 35.0 Å². The van der Waals surface area contributed by atoms with Gasteiger partial charge in [0.1, 0.15) is 0 Å². The fourth-order valence-electron chi connectivity index (χ4n) is 0.839. The van der Waals surface area contributed by atoms with Crippen LogP contribution in [-0.2, 0) is 9.09 Å². The Balaban J connectivity index is 4.84. The first kappa shape index (κ1) is 15.4. The average Bonchev–Trinajstić information content (AvgIpc) is 2.14. The van der Waals surface area contributed by atoms with E-state index in [0.717, 1.165) is 10.9 Å². The smallest absolute Gasteiger partial charge is 0.357 e. The van der Waals surface area contributed by atoms with E-state index in [1.807, 2.05) is 39.1 Å². The highest BCUT2D eigenvalue weighted by atomic mass is 32.7. The maximum Gasteiger partial charge on any atom is 0.374 e. The Morgan fingerprint density at radius 3 is 2.40 bits per heavy atom. The minimum Gasteiger partial charge on any atom is -0.357 e. The molecule has 1 atom stereocenters. The molecule has 0 rings (SSSR count). The zero-order valence-electron chi connectivity index (χ0n) is 9.89. The molecule has 90 valence electrons. The molecule has 0 heterocycles. The van der Waals surface area contributed by atoms with Crippen molar-refractivity contribution in [1.29, 1.82) is 0 Å². The van der Waals surface area contributed by atoms with Crippen molar-refractivity contribution in [2.24, 2.45) is 4.76 Å². The van der Waals surface area contributed by atoms with Gasteiger partial charge in [0.25, 0.3) is 0 Å². The molecule has 7 heteroatoms. The van der Waals surface area contributed by atoms with Gasteiger partial charge in [-0.3, -0.25) is 4.57 Å². The highest BCUT2D eigenvalue weighted by molar-refractivity contribution is 8.56. The maximum absolute atomic E-state index is 12.2. The molecule has 0 saturated heterocycles. The number of nitrogens with zero attached hydrogens (tertiary/aromatic N) is 2. The molecule has 0 bridgehead atoms. The second-order valence-corrected chi connectivity index (χ2v) is 7.95. The second kappa shape index (κ2) is 7.60. The minimum atomic E-state index is -2.90. The summed E-state index contributed by atoms with van der Waals surface area (Å²) in [5, 5.41) is 0.729. The van der Waals surface area contributed by atoms with Crippen LogP contribution < -0.4 is 0 Å². The van der Waals surface area contributed by atoms with Gasteiger partial charge >= 0.3 is 6.72 Å². The summed E-state index contributed by atoms with van der Waals surface area (Å²) in [5.41, 5.74) is 0. The lowest BCUT2D eigenvalue weighted by molar-refractivity contribution is 0.346. The number of hydrogen-bond donors (Lipinski definition) is 0. The van der Waals surface area contributed by atoms with E-state index in [2.05, 4.69) is 4.76 Å². The lowest BCUT2D eigenvalue weighted by Gasteiger charge is -2.17. The van der Waals surface area contributed by atoms with Gasteiger partial charge in [0.2, 0.25) is 0 Å². The normalized spacial score (nSPS) is 16.2. The molecule has 0 aromatic rings. The molecule has 0 aliphatic heterocycles. The molecule has 15 heavy (non-hydrogen) atoms. The summed E-state index contributed by atoms with van der Waals surface area (Å²) in [5.74, 6) is 0.732. The third kappa shape index (κ3) is 5.85. The largest absolute Gasteiger partial charge is 0.374 e. The van der Waals surface area contributed by atoms with Gasteiger partial charge in [-0.2, -0.15) is 4.76 Å². The van der Waals surface area contributed by atoms with Crippen molar-refractivity contribution in [2.45, 2.75) is 13.8 Å². The Morgan fingerprint density at radius 1 is 1.47 bits per heavy atom. The van der Waals surface area contributed by atoms with Gasteiger partial charge in [-0.15, -0.1) is 0 Å². The van der Waals surface area contributed by atoms with Gasteiger partial charge in [0.05, 0.1) is 6.61 Å². The quantitative estimate of drug-likeness (QED) is 0.436. The molecule has 0 fully saturated rings. The molecule has 0 spiro atoms. The van der Waals surface area contributed by atoms with Crippen LogP contribution in [0, 0.1) is 0 Å². The summed E-state index contributed by atoms with van der Waals surface area (Å²) >= 11 is 2.74. The third-order valence-corrected chi connectivity index (χ3v) is 6.23. The van der Waals surface area contributed by atoms with E-state index in [1.165, 1.54) is 23.1 Å². The number of rotatable bonds is 5. The maximum atomic E-state index is 12.2. The van der Waals surface area contributed by atoms with Crippen LogP contribution in [0.4, 0.5) is 0 Å². The monoisotopic (exact) mass is 270 g/mol. The summed E-state index contributed by atoms with van der Waals surface area (Å²) in [6.07, 6.45) is 1.91. The first-order chi connectivity index (χ1) is 6.99. The second-order valence-electron chi connectivity index (χ2n) is 2.79. The summed E-state index contributed by atoms with van der Waals surface area (Å²) in [6.45, 7) is 1.29. The van der Waals surface area contributed by atoms with Gasteiger partial charge in [-0.05, 0) is 24.6 Å². The number of amidine groups is 1. The number of hydrogen-bond acceptors (Lipinski definition) is 4. The van der Waals surface area contributed by atoms with Gasteiger partial charge in [-0.25, -0.2) is 0 Å². The van der Waals surface area contributed by atoms with Crippen molar-refractivity contribution in [1.82, 2.24) is 4.90 Å². The molecule has 0 amide bonds. The molecule has 1 unspecified atom stereocenters. The van der Waals surface area contributed by atoms with E-state index in [4.69, 9.17) is 4.52 Å². The van der Waals surface area contributed by atoms with Crippen LogP contribution in [0.25, 0.3) is 0 Å². The highest BCUT2D eigenvalue weighted by Gasteiger charge is 2.23. The number of thioether (sulfide) groups is 1. The lowest BCUT2D eigenvalue weighted by atomic mass is 10.9.